The Morgan fingerprint density at radius 2 is 2.00 bits per heavy atom. The molecule has 0 fully saturated rings. The van der Waals surface area contributed by atoms with E-state index >= 15 is 0 Å². The highest BCUT2D eigenvalue weighted by molar-refractivity contribution is 9.10. The van der Waals surface area contributed by atoms with Gasteiger partial charge in [0.25, 0.3) is 0 Å². The predicted octanol–water partition coefficient (Wildman–Crippen LogP) is 4.04. The third-order valence-corrected chi connectivity index (χ3v) is 2.90. The minimum absolute atomic E-state index is 0.0411. The summed E-state index contributed by atoms with van der Waals surface area (Å²) in [4.78, 5) is 0. The highest BCUT2D eigenvalue weighted by Crippen LogP contribution is 2.28. The molecule has 17 heavy (non-hydrogen) atoms. The maximum absolute atomic E-state index is 9.27. The minimum Gasteiger partial charge on any atom is -0.457 e. The van der Waals surface area contributed by atoms with Gasteiger partial charge in [-0.05, 0) is 42.8 Å². The summed E-state index contributed by atoms with van der Waals surface area (Å²) in [6.07, 6.45) is 0. The average molecular weight is 293 g/mol. The van der Waals surface area contributed by atoms with Crippen LogP contribution >= 0.6 is 15.9 Å². The monoisotopic (exact) mass is 292 g/mol. The van der Waals surface area contributed by atoms with Crippen LogP contribution in [-0.4, -0.2) is 5.11 Å². The fraction of sp³-hybridized carbons (Fsp3) is 0.143. The van der Waals surface area contributed by atoms with Crippen molar-refractivity contribution in [1.82, 2.24) is 0 Å². The second-order valence-electron chi connectivity index (χ2n) is 3.83. The number of aliphatic hydroxyl groups excluding tert-OH is 1. The van der Waals surface area contributed by atoms with Gasteiger partial charge in [0.1, 0.15) is 11.5 Å². The van der Waals surface area contributed by atoms with Crippen LogP contribution in [0.25, 0.3) is 0 Å². The number of halogens is 1. The fourth-order valence-electron chi connectivity index (χ4n) is 1.58. The Bertz CT molecular complexity index is 523. The first-order valence-electron chi connectivity index (χ1n) is 5.33. The topological polar surface area (TPSA) is 29.5 Å². The van der Waals surface area contributed by atoms with E-state index in [-0.39, 0.29) is 6.61 Å². The van der Waals surface area contributed by atoms with Crippen molar-refractivity contribution in [3.05, 3.63) is 58.1 Å². The molecule has 0 saturated heterocycles. The van der Waals surface area contributed by atoms with Gasteiger partial charge in [0.2, 0.25) is 0 Å². The summed E-state index contributed by atoms with van der Waals surface area (Å²) < 4.78 is 6.68. The van der Waals surface area contributed by atoms with E-state index in [1.165, 1.54) is 0 Å². The largest absolute Gasteiger partial charge is 0.457 e. The van der Waals surface area contributed by atoms with Crippen LogP contribution in [0, 0.1) is 6.92 Å². The molecular formula is C14H13BrO2. The second-order valence-corrected chi connectivity index (χ2v) is 4.74. The normalized spacial score (nSPS) is 10.3. The Labute approximate surface area is 109 Å². The summed E-state index contributed by atoms with van der Waals surface area (Å²) >= 11 is 3.37. The Morgan fingerprint density at radius 3 is 2.71 bits per heavy atom. The molecule has 88 valence electrons. The van der Waals surface area contributed by atoms with Crippen LogP contribution in [0.4, 0.5) is 0 Å². The Balaban J connectivity index is 2.29. The average Bonchev–Trinajstić information content (AvgIpc) is 2.31. The summed E-state index contributed by atoms with van der Waals surface area (Å²) in [6.45, 7) is 1.97. The number of hydrogen-bond donors (Lipinski definition) is 1. The first-order valence-corrected chi connectivity index (χ1v) is 6.12. The molecule has 0 aromatic heterocycles. The predicted molar refractivity (Wildman–Crippen MR) is 71.3 cm³/mol. The molecule has 0 aliphatic rings. The smallest absolute Gasteiger partial charge is 0.133 e. The molecule has 0 saturated carbocycles. The van der Waals surface area contributed by atoms with E-state index in [4.69, 9.17) is 4.74 Å². The standard InChI is InChI=1S/C14H13BrO2/c1-10-3-2-4-13(7-10)17-14-6-5-12(15)8-11(14)9-16/h2-8,16H,9H2,1H3. The lowest BCUT2D eigenvalue weighted by atomic mass is 10.2. The van der Waals surface area contributed by atoms with E-state index in [1.54, 1.807) is 0 Å². The van der Waals surface area contributed by atoms with Crippen LogP contribution in [0.2, 0.25) is 0 Å². The molecule has 3 heteroatoms. The van der Waals surface area contributed by atoms with E-state index in [0.29, 0.717) is 5.75 Å². The first kappa shape index (κ1) is 12.1. The van der Waals surface area contributed by atoms with Gasteiger partial charge in [0, 0.05) is 10.0 Å². The molecule has 0 amide bonds. The van der Waals surface area contributed by atoms with Gasteiger partial charge in [-0.1, -0.05) is 28.1 Å². The number of hydrogen-bond acceptors (Lipinski definition) is 2. The molecule has 0 aliphatic carbocycles. The third-order valence-electron chi connectivity index (χ3n) is 2.41. The van der Waals surface area contributed by atoms with Crippen molar-refractivity contribution in [2.45, 2.75) is 13.5 Å². The van der Waals surface area contributed by atoms with E-state index in [9.17, 15) is 5.11 Å². The molecule has 1 N–H and O–H groups in total. The van der Waals surface area contributed by atoms with Crippen LogP contribution in [-0.2, 0) is 6.61 Å². The minimum atomic E-state index is -0.0411. The van der Waals surface area contributed by atoms with Gasteiger partial charge in [0.05, 0.1) is 6.61 Å². The maximum atomic E-state index is 9.27. The van der Waals surface area contributed by atoms with Gasteiger partial charge in [-0.2, -0.15) is 0 Å². The number of ether oxygens (including phenoxy) is 1. The van der Waals surface area contributed by atoms with Gasteiger partial charge >= 0.3 is 0 Å². The maximum Gasteiger partial charge on any atom is 0.133 e. The molecule has 2 rings (SSSR count). The lowest BCUT2D eigenvalue weighted by molar-refractivity contribution is 0.276. The van der Waals surface area contributed by atoms with Gasteiger partial charge in [0.15, 0.2) is 0 Å². The van der Waals surface area contributed by atoms with Gasteiger partial charge in [-0.25, -0.2) is 0 Å². The summed E-state index contributed by atoms with van der Waals surface area (Å²) in [5.41, 5.74) is 1.91. The van der Waals surface area contributed by atoms with Crippen LogP contribution in [0.3, 0.4) is 0 Å². The molecule has 0 heterocycles. The Kier molecular flexibility index (Phi) is 3.82. The number of aryl methyl sites for hydroxylation is 1. The SMILES string of the molecule is Cc1cccc(Oc2ccc(Br)cc2CO)c1. The zero-order chi connectivity index (χ0) is 12.3. The van der Waals surface area contributed by atoms with Crippen LogP contribution < -0.4 is 4.74 Å². The molecule has 0 atom stereocenters. The third kappa shape index (κ3) is 3.08. The van der Waals surface area contributed by atoms with Crippen molar-refractivity contribution in [1.29, 1.82) is 0 Å². The molecule has 0 radical (unpaired) electrons. The molecule has 2 nitrogen and oxygen atoms in total. The van der Waals surface area contributed by atoms with E-state index in [0.717, 1.165) is 21.3 Å². The van der Waals surface area contributed by atoms with Crippen LogP contribution in [0.5, 0.6) is 11.5 Å². The van der Waals surface area contributed by atoms with E-state index in [2.05, 4.69) is 15.9 Å². The van der Waals surface area contributed by atoms with Crippen molar-refractivity contribution in [3.8, 4) is 11.5 Å². The molecule has 0 spiro atoms. The highest BCUT2D eigenvalue weighted by atomic mass is 79.9. The molecule has 2 aromatic rings. The van der Waals surface area contributed by atoms with Crippen LogP contribution in [0.1, 0.15) is 11.1 Å². The second kappa shape index (κ2) is 5.34. The summed E-state index contributed by atoms with van der Waals surface area (Å²) in [5, 5.41) is 9.27. The van der Waals surface area contributed by atoms with E-state index in [1.807, 2.05) is 49.4 Å². The number of rotatable bonds is 3. The number of benzene rings is 2. The molecular weight excluding hydrogens is 280 g/mol. The lowest BCUT2D eigenvalue weighted by Gasteiger charge is -2.10. The first-order chi connectivity index (χ1) is 8.19. The zero-order valence-electron chi connectivity index (χ0n) is 9.48. The Hall–Kier alpha value is -1.32. The summed E-state index contributed by atoms with van der Waals surface area (Å²) in [7, 11) is 0. The van der Waals surface area contributed by atoms with Crippen molar-refractivity contribution < 1.29 is 9.84 Å². The zero-order valence-corrected chi connectivity index (χ0v) is 11.1. The van der Waals surface area contributed by atoms with Gasteiger partial charge in [-0.15, -0.1) is 0 Å². The Morgan fingerprint density at radius 1 is 1.18 bits per heavy atom. The lowest BCUT2D eigenvalue weighted by Crippen LogP contribution is -1.92. The van der Waals surface area contributed by atoms with Crippen molar-refractivity contribution in [2.24, 2.45) is 0 Å². The molecule has 0 unspecified atom stereocenters. The van der Waals surface area contributed by atoms with Gasteiger partial charge < -0.3 is 9.84 Å². The van der Waals surface area contributed by atoms with Crippen molar-refractivity contribution in [2.75, 3.05) is 0 Å². The van der Waals surface area contributed by atoms with Crippen molar-refractivity contribution in [3.63, 3.8) is 0 Å². The number of aliphatic hydroxyl groups is 1. The molecule has 0 aliphatic heterocycles. The summed E-state index contributed by atoms with van der Waals surface area (Å²) in [5.74, 6) is 1.46. The fourth-order valence-corrected chi connectivity index (χ4v) is 1.99. The molecule has 2 aromatic carbocycles. The highest BCUT2D eigenvalue weighted by Gasteiger charge is 2.05. The molecule has 0 bridgehead atoms. The summed E-state index contributed by atoms with van der Waals surface area (Å²) in [6, 6.07) is 13.4. The van der Waals surface area contributed by atoms with Crippen LogP contribution in [0.15, 0.2) is 46.9 Å². The van der Waals surface area contributed by atoms with E-state index < -0.39 is 0 Å². The van der Waals surface area contributed by atoms with Gasteiger partial charge in [-0.3, -0.25) is 0 Å². The van der Waals surface area contributed by atoms with Crippen molar-refractivity contribution >= 4 is 15.9 Å². The quantitative estimate of drug-likeness (QED) is 0.925.